The Hall–Kier alpha value is -9.83. The van der Waals surface area contributed by atoms with Crippen LogP contribution in [0.1, 0.15) is 88.4 Å². The smallest absolute Gasteiger partial charge is 0.322 e. The normalized spacial score (nSPS) is 21.2. The maximum Gasteiger partial charge on any atom is 0.322 e. The Kier molecular flexibility index (Phi) is 22.6. The van der Waals surface area contributed by atoms with E-state index < -0.39 is 82.3 Å². The molecular weight excluding hydrogens is 1140 g/mol. The highest BCUT2D eigenvalue weighted by Crippen LogP contribution is 2.27. The van der Waals surface area contributed by atoms with Gasteiger partial charge in [0.15, 0.2) is 0 Å². The standard InChI is InChI=1S/C61H73N13O14/c75-49(76)36-70-39-15-13-38(14-16-39)35-40-37-73-29-21-66-58(85)45-9-1-5-41(50(45)77)54(81)62-17-25-71(26-18-63-55(82)42-6-2-10-46(51(42)78)59(86)67-22-30-73)33-34-72-27-19-64-56(83)43-7-3-11-47(52(43)79)60(87)68-23-31-74(40)32-24-69-61(88)48-12-4-8-44(53(48)80)57(84)65-20-28-72/h1-16,40,70,77-80H,17-37H2,(H,62,81)(H,63,82)(H,64,83)(H,65,84)(H,66,85)(H,67,86)(H,68,87)(H,69,88)(H,75,76). The first-order chi connectivity index (χ1) is 42.4. The zero-order valence-corrected chi connectivity index (χ0v) is 48.4. The number of carbonyl (C=O) groups is 9. The van der Waals surface area contributed by atoms with Crippen LogP contribution in [0.25, 0.3) is 0 Å². The lowest BCUT2D eigenvalue weighted by Gasteiger charge is -2.36. The first-order valence-electron chi connectivity index (χ1n) is 28.9. The maximum atomic E-state index is 14.1. The van der Waals surface area contributed by atoms with E-state index in [-0.39, 0.29) is 182 Å². The molecular formula is C61H73N13O14. The number of carboxylic acid groups (broad SMARTS) is 1. The van der Waals surface area contributed by atoms with Crippen molar-refractivity contribution < 1.29 is 68.7 Å². The largest absolute Gasteiger partial charge is 0.506 e. The molecule has 27 heteroatoms. The molecule has 466 valence electrons. The predicted octanol–water partition coefficient (Wildman–Crippen LogP) is -0.195. The van der Waals surface area contributed by atoms with Gasteiger partial charge >= 0.3 is 5.97 Å². The quantitative estimate of drug-likeness (QED) is 0.108. The lowest BCUT2D eigenvalue weighted by atomic mass is 10.0. The number of para-hydroxylation sites is 4. The second kappa shape index (κ2) is 31.0. The average molecular weight is 1210 g/mol. The van der Waals surface area contributed by atoms with Gasteiger partial charge in [-0.25, -0.2) is 0 Å². The number of anilines is 1. The molecule has 0 saturated carbocycles. The third kappa shape index (κ3) is 17.2. The third-order valence-electron chi connectivity index (χ3n) is 15.3. The van der Waals surface area contributed by atoms with Gasteiger partial charge in [-0.2, -0.15) is 0 Å². The highest BCUT2D eigenvalue weighted by Gasteiger charge is 2.28. The van der Waals surface area contributed by atoms with Gasteiger partial charge < -0.3 is 73.4 Å². The molecule has 27 nitrogen and oxygen atoms in total. The summed E-state index contributed by atoms with van der Waals surface area (Å²) < 4.78 is 0. The first-order valence-corrected chi connectivity index (χ1v) is 28.9. The molecule has 0 saturated heterocycles. The molecule has 8 amide bonds. The van der Waals surface area contributed by atoms with Gasteiger partial charge in [0, 0.05) is 136 Å². The molecule has 3 heterocycles. The van der Waals surface area contributed by atoms with Gasteiger partial charge in [0.05, 0.1) is 44.5 Å². The van der Waals surface area contributed by atoms with Gasteiger partial charge in [-0.05, 0) is 72.6 Å². The number of hydrogen-bond acceptors (Lipinski definition) is 18. The number of rotatable bonds is 5. The van der Waals surface area contributed by atoms with Gasteiger partial charge in [-0.3, -0.25) is 62.8 Å². The molecule has 0 spiro atoms. The van der Waals surface area contributed by atoms with Crippen molar-refractivity contribution in [2.75, 3.05) is 136 Å². The summed E-state index contributed by atoms with van der Waals surface area (Å²) in [6, 6.07) is 23.2. The fraction of sp³-hybridized carbons (Fsp3) is 0.361. The van der Waals surface area contributed by atoms with Crippen LogP contribution in [0.2, 0.25) is 0 Å². The number of fused-ring (bicyclic) bond motifs is 20. The Labute approximate surface area is 506 Å². The Morgan fingerprint density at radius 1 is 0.375 bits per heavy atom. The summed E-state index contributed by atoms with van der Waals surface area (Å²) in [6.45, 7) is 0.893. The van der Waals surface area contributed by atoms with Crippen molar-refractivity contribution in [3.8, 4) is 23.0 Å². The predicted molar refractivity (Wildman–Crippen MR) is 322 cm³/mol. The Balaban J connectivity index is 1.25. The lowest BCUT2D eigenvalue weighted by Crippen LogP contribution is -2.52. The van der Waals surface area contributed by atoms with Crippen molar-refractivity contribution in [1.82, 2.24) is 62.1 Å². The molecule has 0 fully saturated rings. The molecule has 0 aliphatic carbocycles. The van der Waals surface area contributed by atoms with Crippen molar-refractivity contribution >= 4 is 58.9 Å². The number of phenols is 4. The molecule has 0 radical (unpaired) electrons. The molecule has 88 heavy (non-hydrogen) atoms. The van der Waals surface area contributed by atoms with E-state index in [1.165, 1.54) is 72.8 Å². The number of nitrogens with one attached hydrogen (secondary N) is 9. The highest BCUT2D eigenvalue weighted by molar-refractivity contribution is 6.06. The minimum Gasteiger partial charge on any atom is -0.506 e. The zero-order valence-electron chi connectivity index (χ0n) is 48.4. The minimum absolute atomic E-state index is 0.00255. The van der Waals surface area contributed by atoms with Crippen LogP contribution >= 0.6 is 0 Å². The van der Waals surface area contributed by atoms with Crippen molar-refractivity contribution in [2.24, 2.45) is 0 Å². The molecule has 1 atom stereocenters. The van der Waals surface area contributed by atoms with Crippen LogP contribution in [0.5, 0.6) is 23.0 Å². The monoisotopic (exact) mass is 1210 g/mol. The maximum absolute atomic E-state index is 14.1. The van der Waals surface area contributed by atoms with Crippen LogP contribution in [-0.2, 0) is 11.2 Å². The molecule has 5 aromatic carbocycles. The third-order valence-corrected chi connectivity index (χ3v) is 15.3. The van der Waals surface area contributed by atoms with E-state index in [0.717, 1.165) is 5.56 Å². The van der Waals surface area contributed by atoms with Gasteiger partial charge in [0.2, 0.25) is 0 Å². The van der Waals surface area contributed by atoms with Crippen molar-refractivity contribution in [1.29, 1.82) is 0 Å². The van der Waals surface area contributed by atoms with E-state index in [1.807, 2.05) is 19.6 Å². The molecule has 3 aliphatic rings. The van der Waals surface area contributed by atoms with Crippen molar-refractivity contribution in [3.05, 3.63) is 147 Å². The first kappa shape index (κ1) is 64.2. The Morgan fingerprint density at radius 3 is 0.909 bits per heavy atom. The molecule has 12 bridgehead atoms. The molecule has 3 aliphatic heterocycles. The second-order valence-electron chi connectivity index (χ2n) is 21.2. The molecule has 8 rings (SSSR count). The summed E-state index contributed by atoms with van der Waals surface area (Å²) >= 11 is 0. The van der Waals surface area contributed by atoms with Crippen LogP contribution in [0, 0.1) is 0 Å². The summed E-state index contributed by atoms with van der Waals surface area (Å²) in [5.41, 5.74) is -0.153. The second-order valence-corrected chi connectivity index (χ2v) is 21.2. The molecule has 5 aromatic rings. The van der Waals surface area contributed by atoms with Crippen LogP contribution in [0.15, 0.2) is 97.1 Å². The van der Waals surface area contributed by atoms with Crippen LogP contribution < -0.4 is 47.9 Å². The fourth-order valence-electron chi connectivity index (χ4n) is 10.5. The van der Waals surface area contributed by atoms with Crippen molar-refractivity contribution in [3.63, 3.8) is 0 Å². The Bertz CT molecular complexity index is 3200. The average Bonchev–Trinajstić information content (AvgIpc) is 2.42. The number of nitrogens with zero attached hydrogens (tertiary/aromatic N) is 4. The van der Waals surface area contributed by atoms with E-state index in [2.05, 4.69) is 47.9 Å². The number of hydrogen-bond donors (Lipinski definition) is 14. The van der Waals surface area contributed by atoms with E-state index in [4.69, 9.17) is 0 Å². The number of benzene rings is 5. The summed E-state index contributed by atoms with van der Waals surface area (Å²) in [6.07, 6.45) is 0.244. The molecule has 0 aromatic heterocycles. The topological polar surface area (TPSA) is 376 Å². The van der Waals surface area contributed by atoms with Crippen LogP contribution in [0.3, 0.4) is 0 Å². The van der Waals surface area contributed by atoms with Gasteiger partial charge in [-0.1, -0.05) is 36.4 Å². The summed E-state index contributed by atoms with van der Waals surface area (Å²) in [4.78, 5) is 131. The van der Waals surface area contributed by atoms with E-state index in [1.54, 1.807) is 24.3 Å². The number of aliphatic carboxylic acids is 1. The number of carboxylic acids is 1. The summed E-state index contributed by atoms with van der Waals surface area (Å²) in [7, 11) is 0. The Morgan fingerprint density at radius 2 is 0.636 bits per heavy atom. The van der Waals surface area contributed by atoms with Gasteiger partial charge in [0.25, 0.3) is 47.3 Å². The number of phenolic OH excluding ortho intramolecular Hbond substituents is 4. The molecule has 14 N–H and O–H groups in total. The number of amides is 8. The van der Waals surface area contributed by atoms with Crippen LogP contribution in [0.4, 0.5) is 5.69 Å². The number of carbonyl (C=O) groups excluding carboxylic acids is 8. The van der Waals surface area contributed by atoms with E-state index >= 15 is 0 Å². The highest BCUT2D eigenvalue weighted by atomic mass is 16.4. The SMILES string of the molecule is O=C(O)CNc1ccc(CC2CN3CCNC(=O)c4cccc(c4O)C(=O)NCCN(CCNC(=O)c4cccc(c4O)C(=O)NCC3)CCN3CCNC(=O)c4cccc(c4O)C(=O)NCCN2CCNC(=O)c2cccc(c2O)C(=O)NCC3)cc1. The fourth-order valence-corrected chi connectivity index (χ4v) is 10.5. The zero-order chi connectivity index (χ0) is 62.7. The van der Waals surface area contributed by atoms with Gasteiger partial charge in [-0.15, -0.1) is 0 Å². The molecule has 1 unspecified atom stereocenters. The number of aromatic hydroxyl groups is 4. The summed E-state index contributed by atoms with van der Waals surface area (Å²) in [5, 5.41) is 80.8. The van der Waals surface area contributed by atoms with Crippen LogP contribution in [-0.4, -0.2) is 235 Å². The van der Waals surface area contributed by atoms with Gasteiger partial charge in [0.1, 0.15) is 29.5 Å². The lowest BCUT2D eigenvalue weighted by molar-refractivity contribution is -0.135. The van der Waals surface area contributed by atoms with E-state index in [0.29, 0.717) is 5.69 Å². The summed E-state index contributed by atoms with van der Waals surface area (Å²) in [5.74, 6) is -8.86. The van der Waals surface area contributed by atoms with Crippen molar-refractivity contribution in [2.45, 2.75) is 12.5 Å². The minimum atomic E-state index is -1.07. The van der Waals surface area contributed by atoms with E-state index in [9.17, 15) is 68.7 Å².